The van der Waals surface area contributed by atoms with Crippen LogP contribution in [0.4, 0.5) is 5.69 Å². The lowest BCUT2D eigenvalue weighted by Gasteiger charge is -2.11. The average molecular weight is 398 g/mol. The summed E-state index contributed by atoms with van der Waals surface area (Å²) < 4.78 is 1.84. The summed E-state index contributed by atoms with van der Waals surface area (Å²) in [6, 6.07) is 24.3. The van der Waals surface area contributed by atoms with Crippen molar-refractivity contribution < 1.29 is 9.59 Å². The minimum absolute atomic E-state index is 0.102. The van der Waals surface area contributed by atoms with E-state index in [0.717, 1.165) is 22.3 Å². The largest absolute Gasteiger partial charge is 0.345 e. The van der Waals surface area contributed by atoms with E-state index in [4.69, 9.17) is 0 Å². The van der Waals surface area contributed by atoms with Gasteiger partial charge in [0.05, 0.1) is 17.6 Å². The van der Waals surface area contributed by atoms with Gasteiger partial charge in [0.2, 0.25) is 5.91 Å². The highest BCUT2D eigenvalue weighted by Gasteiger charge is 2.15. The second-order valence-electron chi connectivity index (χ2n) is 7.07. The molecular formula is C24H22N4O2. The average Bonchev–Trinajstić information content (AvgIpc) is 3.10. The molecule has 3 aromatic carbocycles. The van der Waals surface area contributed by atoms with Crippen molar-refractivity contribution in [3.63, 3.8) is 0 Å². The van der Waals surface area contributed by atoms with Crippen LogP contribution in [0.1, 0.15) is 21.7 Å². The lowest BCUT2D eigenvalue weighted by atomic mass is 10.2. The van der Waals surface area contributed by atoms with Crippen molar-refractivity contribution in [3.8, 4) is 0 Å². The number of nitrogens with one attached hydrogen (secondary N) is 2. The summed E-state index contributed by atoms with van der Waals surface area (Å²) in [7, 11) is 0. The van der Waals surface area contributed by atoms with Crippen LogP contribution < -0.4 is 10.6 Å². The Hall–Kier alpha value is -3.93. The number of aromatic nitrogens is 2. The number of carbonyl (C=O) groups is 2. The Morgan fingerprint density at radius 1 is 0.933 bits per heavy atom. The van der Waals surface area contributed by atoms with Crippen molar-refractivity contribution in [2.75, 3.05) is 5.32 Å². The van der Waals surface area contributed by atoms with Gasteiger partial charge in [-0.05, 0) is 48.9 Å². The summed E-state index contributed by atoms with van der Waals surface area (Å²) in [5.74, 6) is 0.290. The van der Waals surface area contributed by atoms with Crippen LogP contribution in [0.3, 0.4) is 0 Å². The van der Waals surface area contributed by atoms with Gasteiger partial charge in [0.25, 0.3) is 5.91 Å². The second-order valence-corrected chi connectivity index (χ2v) is 7.07. The third-order valence-corrected chi connectivity index (χ3v) is 4.78. The number of amides is 2. The van der Waals surface area contributed by atoms with Crippen LogP contribution >= 0.6 is 0 Å². The number of rotatable bonds is 6. The number of fused-ring (bicyclic) bond motifs is 1. The molecule has 0 aliphatic rings. The van der Waals surface area contributed by atoms with Gasteiger partial charge in [-0.2, -0.15) is 0 Å². The molecule has 0 spiro atoms. The third kappa shape index (κ3) is 4.38. The normalized spacial score (nSPS) is 10.7. The Kier molecular flexibility index (Phi) is 5.57. The molecule has 0 aliphatic heterocycles. The van der Waals surface area contributed by atoms with E-state index in [9.17, 15) is 9.59 Å². The van der Waals surface area contributed by atoms with E-state index in [-0.39, 0.29) is 24.9 Å². The Morgan fingerprint density at radius 3 is 2.50 bits per heavy atom. The summed E-state index contributed by atoms with van der Waals surface area (Å²) in [5.41, 5.74) is 4.04. The second kappa shape index (κ2) is 8.61. The van der Waals surface area contributed by atoms with E-state index in [0.29, 0.717) is 11.4 Å². The van der Waals surface area contributed by atoms with E-state index in [1.165, 1.54) is 0 Å². The molecule has 0 atom stereocenters. The monoisotopic (exact) mass is 398 g/mol. The van der Waals surface area contributed by atoms with Crippen LogP contribution in [-0.2, 0) is 17.9 Å². The SMILES string of the molecule is Cc1cccc(NC(=O)Cn2c(CNC(=O)c3ccccc3)nc3ccccc32)c1. The molecule has 4 aromatic rings. The van der Waals surface area contributed by atoms with Gasteiger partial charge >= 0.3 is 0 Å². The maximum absolute atomic E-state index is 12.7. The first kappa shape index (κ1) is 19.4. The van der Waals surface area contributed by atoms with E-state index in [1.807, 2.05) is 78.2 Å². The molecule has 6 nitrogen and oxygen atoms in total. The first-order valence-corrected chi connectivity index (χ1v) is 9.74. The molecule has 1 aromatic heterocycles. The molecule has 4 rings (SSSR count). The Balaban J connectivity index is 1.54. The minimum Gasteiger partial charge on any atom is -0.345 e. The molecule has 0 aliphatic carbocycles. The van der Waals surface area contributed by atoms with Crippen molar-refractivity contribution in [3.05, 3.63) is 95.8 Å². The molecule has 0 saturated heterocycles. The lowest BCUT2D eigenvalue weighted by molar-refractivity contribution is -0.116. The molecule has 0 fully saturated rings. The number of nitrogens with zero attached hydrogens (tertiary/aromatic N) is 2. The van der Waals surface area contributed by atoms with E-state index >= 15 is 0 Å². The van der Waals surface area contributed by atoms with Crippen molar-refractivity contribution in [1.29, 1.82) is 0 Å². The fourth-order valence-electron chi connectivity index (χ4n) is 3.35. The Bertz CT molecular complexity index is 1200. The smallest absolute Gasteiger partial charge is 0.251 e. The summed E-state index contributed by atoms with van der Waals surface area (Å²) >= 11 is 0. The molecule has 0 bridgehead atoms. The number of aryl methyl sites for hydroxylation is 1. The molecule has 6 heteroatoms. The first-order chi connectivity index (χ1) is 14.6. The topological polar surface area (TPSA) is 76.0 Å². The number of hydrogen-bond acceptors (Lipinski definition) is 3. The molecule has 30 heavy (non-hydrogen) atoms. The van der Waals surface area contributed by atoms with Crippen LogP contribution in [0.5, 0.6) is 0 Å². The number of carbonyl (C=O) groups excluding carboxylic acids is 2. The van der Waals surface area contributed by atoms with Gasteiger partial charge in [-0.3, -0.25) is 9.59 Å². The van der Waals surface area contributed by atoms with Crippen LogP contribution in [-0.4, -0.2) is 21.4 Å². The van der Waals surface area contributed by atoms with Gasteiger partial charge in [0.15, 0.2) is 0 Å². The zero-order valence-electron chi connectivity index (χ0n) is 16.6. The molecule has 2 amide bonds. The molecule has 150 valence electrons. The van der Waals surface area contributed by atoms with Crippen LogP contribution in [0.2, 0.25) is 0 Å². The summed E-state index contributed by atoms with van der Waals surface area (Å²) in [6.07, 6.45) is 0. The van der Waals surface area contributed by atoms with E-state index in [2.05, 4.69) is 15.6 Å². The summed E-state index contributed by atoms with van der Waals surface area (Å²) in [4.78, 5) is 29.7. The van der Waals surface area contributed by atoms with Crippen LogP contribution in [0.25, 0.3) is 11.0 Å². The first-order valence-electron chi connectivity index (χ1n) is 9.74. The molecule has 0 saturated carbocycles. The zero-order chi connectivity index (χ0) is 20.9. The number of hydrogen-bond donors (Lipinski definition) is 2. The van der Waals surface area contributed by atoms with Gasteiger partial charge in [0.1, 0.15) is 12.4 Å². The van der Waals surface area contributed by atoms with Crippen molar-refractivity contribution in [2.45, 2.75) is 20.0 Å². The molecule has 1 heterocycles. The lowest BCUT2D eigenvalue weighted by Crippen LogP contribution is -2.26. The van der Waals surface area contributed by atoms with E-state index in [1.54, 1.807) is 12.1 Å². The fraction of sp³-hybridized carbons (Fsp3) is 0.125. The number of benzene rings is 3. The van der Waals surface area contributed by atoms with E-state index < -0.39 is 0 Å². The Morgan fingerprint density at radius 2 is 1.70 bits per heavy atom. The van der Waals surface area contributed by atoms with Gasteiger partial charge in [-0.1, -0.05) is 42.5 Å². The Labute approximate surface area is 174 Å². The molecular weight excluding hydrogens is 376 g/mol. The molecule has 2 N–H and O–H groups in total. The number of imidazole rings is 1. The minimum atomic E-state index is -0.182. The quantitative estimate of drug-likeness (QED) is 0.517. The van der Waals surface area contributed by atoms with Crippen molar-refractivity contribution in [2.24, 2.45) is 0 Å². The van der Waals surface area contributed by atoms with Crippen LogP contribution in [0, 0.1) is 6.92 Å². The molecule has 0 radical (unpaired) electrons. The predicted molar refractivity (Wildman–Crippen MR) is 117 cm³/mol. The van der Waals surface area contributed by atoms with Gasteiger partial charge in [-0.15, -0.1) is 0 Å². The summed E-state index contributed by atoms with van der Waals surface area (Å²) in [5, 5.41) is 5.82. The number of anilines is 1. The van der Waals surface area contributed by atoms with Gasteiger partial charge < -0.3 is 15.2 Å². The fourth-order valence-corrected chi connectivity index (χ4v) is 3.35. The zero-order valence-corrected chi connectivity index (χ0v) is 16.6. The van der Waals surface area contributed by atoms with Crippen molar-refractivity contribution in [1.82, 2.24) is 14.9 Å². The maximum atomic E-state index is 12.7. The highest BCUT2D eigenvalue weighted by atomic mass is 16.2. The maximum Gasteiger partial charge on any atom is 0.251 e. The highest BCUT2D eigenvalue weighted by Crippen LogP contribution is 2.17. The van der Waals surface area contributed by atoms with Gasteiger partial charge in [0, 0.05) is 11.3 Å². The van der Waals surface area contributed by atoms with Crippen LogP contribution in [0.15, 0.2) is 78.9 Å². The third-order valence-electron chi connectivity index (χ3n) is 4.78. The standard InChI is InChI=1S/C24H22N4O2/c1-17-8-7-11-19(14-17)26-23(29)16-28-21-13-6-5-12-20(21)27-22(28)15-25-24(30)18-9-3-2-4-10-18/h2-14H,15-16H2,1H3,(H,25,30)(H,26,29). The predicted octanol–water partition coefficient (Wildman–Crippen LogP) is 3.91. The van der Waals surface area contributed by atoms with Crippen molar-refractivity contribution >= 4 is 28.5 Å². The number of para-hydroxylation sites is 2. The van der Waals surface area contributed by atoms with Gasteiger partial charge in [-0.25, -0.2) is 4.98 Å². The molecule has 0 unspecified atom stereocenters. The summed E-state index contributed by atoms with van der Waals surface area (Å²) in [6.45, 7) is 2.30. The highest BCUT2D eigenvalue weighted by molar-refractivity contribution is 5.94.